The summed E-state index contributed by atoms with van der Waals surface area (Å²) in [5.41, 5.74) is -0.765. The van der Waals surface area contributed by atoms with E-state index in [9.17, 15) is 8.78 Å². The maximum absolute atomic E-state index is 12.9. The standard InChI is InChI=1S/C12H17F2NO/c1-4-16-10-7-5-9(6-8-10)12(2,15-3)11(13)14/h5-8,11,15H,4H2,1-3H3. The molecular formula is C12H17F2NO. The molecule has 2 nitrogen and oxygen atoms in total. The van der Waals surface area contributed by atoms with Crippen LogP contribution in [0.3, 0.4) is 0 Å². The highest BCUT2D eigenvalue weighted by Gasteiger charge is 2.34. The van der Waals surface area contributed by atoms with E-state index in [2.05, 4.69) is 5.32 Å². The molecule has 0 saturated carbocycles. The number of halogens is 2. The second-order valence-electron chi connectivity index (χ2n) is 3.71. The van der Waals surface area contributed by atoms with Gasteiger partial charge in [-0.25, -0.2) is 8.78 Å². The Morgan fingerprint density at radius 3 is 2.25 bits per heavy atom. The van der Waals surface area contributed by atoms with Gasteiger partial charge in [-0.3, -0.25) is 0 Å². The molecular weight excluding hydrogens is 212 g/mol. The highest BCUT2D eigenvalue weighted by atomic mass is 19.3. The number of nitrogens with one attached hydrogen (secondary N) is 1. The van der Waals surface area contributed by atoms with Crippen LogP contribution in [0.5, 0.6) is 5.75 Å². The van der Waals surface area contributed by atoms with Crippen LogP contribution in [0.25, 0.3) is 0 Å². The molecule has 0 aliphatic rings. The van der Waals surface area contributed by atoms with Crippen molar-refractivity contribution in [2.24, 2.45) is 0 Å². The molecule has 1 aromatic carbocycles. The Morgan fingerprint density at radius 2 is 1.88 bits per heavy atom. The van der Waals surface area contributed by atoms with Crippen LogP contribution in [0.15, 0.2) is 24.3 Å². The van der Waals surface area contributed by atoms with E-state index in [4.69, 9.17) is 4.74 Å². The van der Waals surface area contributed by atoms with Gasteiger partial charge in [0.2, 0.25) is 0 Å². The van der Waals surface area contributed by atoms with Crippen molar-refractivity contribution in [1.29, 1.82) is 0 Å². The van der Waals surface area contributed by atoms with Crippen LogP contribution >= 0.6 is 0 Å². The first-order valence-corrected chi connectivity index (χ1v) is 5.25. The molecule has 1 rings (SSSR count). The minimum absolute atomic E-state index is 0.549. The SMILES string of the molecule is CCOc1ccc(C(C)(NC)C(F)F)cc1. The van der Waals surface area contributed by atoms with Crippen molar-refractivity contribution in [3.63, 3.8) is 0 Å². The molecule has 0 bridgehead atoms. The number of rotatable bonds is 5. The van der Waals surface area contributed by atoms with Crippen LogP contribution < -0.4 is 10.1 Å². The third kappa shape index (κ3) is 2.50. The van der Waals surface area contributed by atoms with Gasteiger partial charge < -0.3 is 10.1 Å². The zero-order valence-corrected chi connectivity index (χ0v) is 9.76. The third-order valence-corrected chi connectivity index (χ3v) is 2.72. The molecule has 0 aromatic heterocycles. The molecule has 1 aromatic rings. The lowest BCUT2D eigenvalue weighted by Crippen LogP contribution is -2.43. The van der Waals surface area contributed by atoms with E-state index >= 15 is 0 Å². The lowest BCUT2D eigenvalue weighted by Gasteiger charge is -2.28. The lowest BCUT2D eigenvalue weighted by atomic mass is 9.92. The molecule has 0 aliphatic carbocycles. The predicted octanol–water partition coefficient (Wildman–Crippen LogP) is 2.79. The van der Waals surface area contributed by atoms with Crippen LogP contribution in [-0.4, -0.2) is 20.1 Å². The van der Waals surface area contributed by atoms with E-state index in [-0.39, 0.29) is 0 Å². The van der Waals surface area contributed by atoms with Gasteiger partial charge in [0.15, 0.2) is 0 Å². The van der Waals surface area contributed by atoms with Gasteiger partial charge in [-0.05, 0) is 38.6 Å². The van der Waals surface area contributed by atoms with Gasteiger partial charge in [0.25, 0.3) is 6.43 Å². The molecule has 0 saturated heterocycles. The average Bonchev–Trinajstić information content (AvgIpc) is 2.29. The van der Waals surface area contributed by atoms with E-state index in [0.29, 0.717) is 17.9 Å². The monoisotopic (exact) mass is 229 g/mol. The Labute approximate surface area is 94.6 Å². The van der Waals surface area contributed by atoms with Crippen molar-refractivity contribution in [2.45, 2.75) is 25.8 Å². The van der Waals surface area contributed by atoms with Crippen molar-refractivity contribution in [2.75, 3.05) is 13.7 Å². The summed E-state index contributed by atoms with van der Waals surface area (Å²) in [6.07, 6.45) is -2.46. The fourth-order valence-electron chi connectivity index (χ4n) is 1.44. The summed E-state index contributed by atoms with van der Waals surface area (Å²) >= 11 is 0. The highest BCUT2D eigenvalue weighted by molar-refractivity contribution is 5.32. The van der Waals surface area contributed by atoms with E-state index < -0.39 is 12.0 Å². The molecule has 1 unspecified atom stereocenters. The van der Waals surface area contributed by atoms with Gasteiger partial charge in [-0.1, -0.05) is 12.1 Å². The van der Waals surface area contributed by atoms with Gasteiger partial charge in [0, 0.05) is 0 Å². The maximum Gasteiger partial charge on any atom is 0.260 e. The molecule has 16 heavy (non-hydrogen) atoms. The quantitative estimate of drug-likeness (QED) is 0.838. The first-order chi connectivity index (χ1) is 7.54. The highest BCUT2D eigenvalue weighted by Crippen LogP contribution is 2.28. The summed E-state index contributed by atoms with van der Waals surface area (Å²) in [5.74, 6) is 0.693. The smallest absolute Gasteiger partial charge is 0.260 e. The summed E-state index contributed by atoms with van der Waals surface area (Å²) < 4.78 is 31.1. The van der Waals surface area contributed by atoms with Gasteiger partial charge >= 0.3 is 0 Å². The van der Waals surface area contributed by atoms with E-state index in [1.807, 2.05) is 6.92 Å². The molecule has 90 valence electrons. The van der Waals surface area contributed by atoms with Gasteiger partial charge in [-0.2, -0.15) is 0 Å². The normalized spacial score (nSPS) is 14.9. The largest absolute Gasteiger partial charge is 0.494 e. The molecule has 0 amide bonds. The van der Waals surface area contributed by atoms with Crippen molar-refractivity contribution >= 4 is 0 Å². The number of benzene rings is 1. The van der Waals surface area contributed by atoms with E-state index in [1.54, 1.807) is 24.3 Å². The Balaban J connectivity index is 2.95. The number of ether oxygens (including phenoxy) is 1. The first-order valence-electron chi connectivity index (χ1n) is 5.25. The van der Waals surface area contributed by atoms with Crippen molar-refractivity contribution in [3.05, 3.63) is 29.8 Å². The van der Waals surface area contributed by atoms with Crippen LogP contribution in [0.4, 0.5) is 8.78 Å². The minimum Gasteiger partial charge on any atom is -0.494 e. The zero-order chi connectivity index (χ0) is 12.2. The predicted molar refractivity (Wildman–Crippen MR) is 60.0 cm³/mol. The number of alkyl halides is 2. The third-order valence-electron chi connectivity index (χ3n) is 2.72. The van der Waals surface area contributed by atoms with E-state index in [1.165, 1.54) is 14.0 Å². The Bertz CT molecular complexity index is 326. The fourth-order valence-corrected chi connectivity index (χ4v) is 1.44. The van der Waals surface area contributed by atoms with Gasteiger partial charge in [-0.15, -0.1) is 0 Å². The summed E-state index contributed by atoms with van der Waals surface area (Å²) in [6.45, 7) is 3.93. The zero-order valence-electron chi connectivity index (χ0n) is 9.76. The van der Waals surface area contributed by atoms with Crippen LogP contribution in [0.2, 0.25) is 0 Å². The van der Waals surface area contributed by atoms with Crippen molar-refractivity contribution in [1.82, 2.24) is 5.32 Å². The minimum atomic E-state index is -2.46. The maximum atomic E-state index is 12.9. The fraction of sp³-hybridized carbons (Fsp3) is 0.500. The summed E-state index contributed by atoms with van der Waals surface area (Å²) in [7, 11) is 1.53. The Kier molecular flexibility index (Phi) is 4.24. The molecule has 1 atom stereocenters. The molecule has 4 heteroatoms. The Hall–Kier alpha value is -1.16. The molecule has 1 N–H and O–H groups in total. The number of hydrogen-bond donors (Lipinski definition) is 1. The Morgan fingerprint density at radius 1 is 1.31 bits per heavy atom. The molecule has 0 fully saturated rings. The topological polar surface area (TPSA) is 21.3 Å². The van der Waals surface area contributed by atoms with Crippen molar-refractivity contribution < 1.29 is 13.5 Å². The second kappa shape index (κ2) is 5.25. The summed E-state index contributed by atoms with van der Waals surface area (Å²) in [4.78, 5) is 0. The van der Waals surface area contributed by atoms with Crippen molar-refractivity contribution in [3.8, 4) is 5.75 Å². The van der Waals surface area contributed by atoms with Crippen LogP contribution in [0, 0.1) is 0 Å². The second-order valence-corrected chi connectivity index (χ2v) is 3.71. The van der Waals surface area contributed by atoms with E-state index in [0.717, 1.165) is 0 Å². The lowest BCUT2D eigenvalue weighted by molar-refractivity contribution is 0.0431. The molecule has 0 aliphatic heterocycles. The average molecular weight is 229 g/mol. The molecule has 0 spiro atoms. The number of hydrogen-bond acceptors (Lipinski definition) is 2. The molecule has 0 heterocycles. The summed E-state index contributed by atoms with van der Waals surface area (Å²) in [6, 6.07) is 6.73. The van der Waals surface area contributed by atoms with Crippen LogP contribution in [0.1, 0.15) is 19.4 Å². The first kappa shape index (κ1) is 12.9. The van der Waals surface area contributed by atoms with Gasteiger partial charge in [0.05, 0.1) is 6.61 Å². The van der Waals surface area contributed by atoms with Crippen LogP contribution in [-0.2, 0) is 5.54 Å². The van der Waals surface area contributed by atoms with Gasteiger partial charge in [0.1, 0.15) is 11.3 Å². The summed E-state index contributed by atoms with van der Waals surface area (Å²) in [5, 5.41) is 2.65. The molecule has 0 radical (unpaired) electrons.